The Labute approximate surface area is 158 Å². The summed E-state index contributed by atoms with van der Waals surface area (Å²) in [4.78, 5) is 27.3. The van der Waals surface area contributed by atoms with E-state index in [1.54, 1.807) is 19.2 Å². The molecule has 0 heterocycles. The van der Waals surface area contributed by atoms with E-state index in [-0.39, 0.29) is 18.3 Å². The monoisotopic (exact) mass is 370 g/mol. The molecule has 0 radical (unpaired) electrons. The van der Waals surface area contributed by atoms with Crippen LogP contribution in [-0.4, -0.2) is 44.5 Å². The van der Waals surface area contributed by atoms with E-state index in [0.29, 0.717) is 12.1 Å². The molecule has 0 saturated carbocycles. The number of hydrogen-bond donors (Lipinski definition) is 0. The number of nitrogens with zero attached hydrogens (tertiary/aromatic N) is 2. The highest BCUT2D eigenvalue weighted by atomic mass is 19.1. The molecule has 0 fully saturated rings. The summed E-state index contributed by atoms with van der Waals surface area (Å²) in [6.45, 7) is 0.0713. The summed E-state index contributed by atoms with van der Waals surface area (Å²) in [5.74, 6) is -1.35. The van der Waals surface area contributed by atoms with Gasteiger partial charge in [-0.3, -0.25) is 4.79 Å². The van der Waals surface area contributed by atoms with Gasteiger partial charge in [0, 0.05) is 39.5 Å². The van der Waals surface area contributed by atoms with Crippen LogP contribution in [0.5, 0.6) is 0 Å². The van der Waals surface area contributed by atoms with E-state index in [0.717, 1.165) is 11.3 Å². The fraction of sp³-hybridized carbons (Fsp3) is 0.238. The number of anilines is 1. The van der Waals surface area contributed by atoms with Gasteiger partial charge in [-0.1, -0.05) is 24.3 Å². The number of carbonyl (C=O) groups excluding carboxylic acids is 2. The largest absolute Gasteiger partial charge is 0.452 e. The first kappa shape index (κ1) is 20.2. The van der Waals surface area contributed by atoms with Crippen molar-refractivity contribution in [2.75, 3.05) is 32.6 Å². The van der Waals surface area contributed by atoms with E-state index in [4.69, 9.17) is 4.74 Å². The standard InChI is InChI=1S/C21H23FN2O3/c1-23(2)19-10-7-17(8-11-19)14-24(3)20(25)15-27-21(26)12-9-16-5-4-6-18(22)13-16/h4-13H,14-15H2,1-3H3/b12-9+. The van der Waals surface area contributed by atoms with Crippen LogP contribution in [0, 0.1) is 5.82 Å². The Bertz CT molecular complexity index is 816. The Balaban J connectivity index is 1.80. The zero-order valence-corrected chi connectivity index (χ0v) is 15.7. The van der Waals surface area contributed by atoms with Crippen LogP contribution in [0.25, 0.3) is 6.08 Å². The minimum absolute atomic E-state index is 0.306. The van der Waals surface area contributed by atoms with Gasteiger partial charge in [0.1, 0.15) is 5.82 Å². The fourth-order valence-corrected chi connectivity index (χ4v) is 2.33. The normalized spacial score (nSPS) is 10.7. The van der Waals surface area contributed by atoms with E-state index in [1.807, 2.05) is 43.3 Å². The zero-order chi connectivity index (χ0) is 19.8. The quantitative estimate of drug-likeness (QED) is 0.555. The molecule has 1 amide bonds. The molecule has 0 N–H and O–H groups in total. The minimum Gasteiger partial charge on any atom is -0.452 e. The minimum atomic E-state index is -0.656. The van der Waals surface area contributed by atoms with Gasteiger partial charge in [0.25, 0.3) is 5.91 Å². The second-order valence-corrected chi connectivity index (χ2v) is 6.31. The summed E-state index contributed by atoms with van der Waals surface area (Å²) >= 11 is 0. The average molecular weight is 370 g/mol. The lowest BCUT2D eigenvalue weighted by Gasteiger charge is -2.18. The van der Waals surface area contributed by atoms with E-state index < -0.39 is 5.97 Å². The highest BCUT2D eigenvalue weighted by molar-refractivity contribution is 5.89. The number of carbonyl (C=O) groups is 2. The second kappa shape index (κ2) is 9.52. The van der Waals surface area contributed by atoms with Gasteiger partial charge in [0.15, 0.2) is 6.61 Å². The predicted octanol–water partition coefficient (Wildman–Crippen LogP) is 3.11. The van der Waals surface area contributed by atoms with E-state index >= 15 is 0 Å². The molecule has 0 atom stereocenters. The van der Waals surface area contributed by atoms with Gasteiger partial charge in [0.2, 0.25) is 0 Å². The lowest BCUT2D eigenvalue weighted by Crippen LogP contribution is -2.30. The third-order valence-corrected chi connectivity index (χ3v) is 3.90. The number of benzene rings is 2. The summed E-state index contributed by atoms with van der Waals surface area (Å²) in [5.41, 5.74) is 2.59. The molecule has 0 bridgehead atoms. The van der Waals surface area contributed by atoms with Crippen LogP contribution < -0.4 is 4.90 Å². The van der Waals surface area contributed by atoms with Crippen LogP contribution in [0.4, 0.5) is 10.1 Å². The molecule has 0 aliphatic heterocycles. The van der Waals surface area contributed by atoms with Crippen LogP contribution in [0.2, 0.25) is 0 Å². The molecular weight excluding hydrogens is 347 g/mol. The molecule has 27 heavy (non-hydrogen) atoms. The molecule has 0 aliphatic carbocycles. The van der Waals surface area contributed by atoms with Crippen molar-refractivity contribution >= 4 is 23.6 Å². The molecule has 5 nitrogen and oxygen atoms in total. The molecular formula is C21H23FN2O3. The number of likely N-dealkylation sites (N-methyl/N-ethyl adjacent to an activating group) is 1. The third-order valence-electron chi connectivity index (χ3n) is 3.90. The molecule has 6 heteroatoms. The van der Waals surface area contributed by atoms with Crippen molar-refractivity contribution in [1.82, 2.24) is 4.90 Å². The summed E-state index contributed by atoms with van der Waals surface area (Å²) in [6.07, 6.45) is 2.61. The summed E-state index contributed by atoms with van der Waals surface area (Å²) in [6, 6.07) is 13.7. The lowest BCUT2D eigenvalue weighted by atomic mass is 10.2. The number of esters is 1. The molecule has 0 aromatic heterocycles. The number of amides is 1. The maximum Gasteiger partial charge on any atom is 0.331 e. The van der Waals surface area contributed by atoms with Gasteiger partial charge in [-0.05, 0) is 41.5 Å². The smallest absolute Gasteiger partial charge is 0.331 e. The first-order chi connectivity index (χ1) is 12.8. The zero-order valence-electron chi connectivity index (χ0n) is 15.7. The van der Waals surface area contributed by atoms with Gasteiger partial charge in [-0.2, -0.15) is 0 Å². The molecule has 0 aliphatic rings. The Morgan fingerprint density at radius 2 is 1.78 bits per heavy atom. The molecule has 0 spiro atoms. The Kier molecular flexibility index (Phi) is 7.11. The van der Waals surface area contributed by atoms with Crippen LogP contribution in [0.3, 0.4) is 0 Å². The molecule has 0 saturated heterocycles. The van der Waals surface area contributed by atoms with Gasteiger partial charge in [-0.15, -0.1) is 0 Å². The maximum absolute atomic E-state index is 13.1. The Morgan fingerprint density at radius 3 is 2.41 bits per heavy atom. The first-order valence-corrected chi connectivity index (χ1v) is 8.46. The van der Waals surface area contributed by atoms with Crippen molar-refractivity contribution in [2.45, 2.75) is 6.54 Å². The molecule has 2 aromatic rings. The van der Waals surface area contributed by atoms with Gasteiger partial charge < -0.3 is 14.5 Å². The molecule has 2 aromatic carbocycles. The van der Waals surface area contributed by atoms with Crippen molar-refractivity contribution in [3.8, 4) is 0 Å². The Hall–Kier alpha value is -3.15. The summed E-state index contributed by atoms with van der Waals surface area (Å²) in [5, 5.41) is 0. The third kappa shape index (κ3) is 6.58. The second-order valence-electron chi connectivity index (χ2n) is 6.31. The molecule has 2 rings (SSSR count). The maximum atomic E-state index is 13.1. The predicted molar refractivity (Wildman–Crippen MR) is 104 cm³/mol. The Morgan fingerprint density at radius 1 is 1.07 bits per heavy atom. The topological polar surface area (TPSA) is 49.9 Å². The van der Waals surface area contributed by atoms with Crippen molar-refractivity contribution in [3.05, 3.63) is 71.6 Å². The van der Waals surface area contributed by atoms with E-state index in [2.05, 4.69) is 0 Å². The van der Waals surface area contributed by atoms with Crippen LogP contribution in [0.15, 0.2) is 54.6 Å². The molecule has 0 unspecified atom stereocenters. The van der Waals surface area contributed by atoms with Gasteiger partial charge >= 0.3 is 5.97 Å². The van der Waals surface area contributed by atoms with Crippen molar-refractivity contribution in [2.24, 2.45) is 0 Å². The number of halogens is 1. The number of ether oxygens (including phenoxy) is 1. The summed E-state index contributed by atoms with van der Waals surface area (Å²) < 4.78 is 18.0. The highest BCUT2D eigenvalue weighted by Gasteiger charge is 2.11. The van der Waals surface area contributed by atoms with Crippen LogP contribution in [0.1, 0.15) is 11.1 Å². The highest BCUT2D eigenvalue weighted by Crippen LogP contribution is 2.13. The average Bonchev–Trinajstić information content (AvgIpc) is 2.64. The van der Waals surface area contributed by atoms with Gasteiger partial charge in [-0.25, -0.2) is 9.18 Å². The van der Waals surface area contributed by atoms with Gasteiger partial charge in [0.05, 0.1) is 0 Å². The first-order valence-electron chi connectivity index (χ1n) is 8.46. The summed E-state index contributed by atoms with van der Waals surface area (Å²) in [7, 11) is 5.57. The SMILES string of the molecule is CN(Cc1ccc(N(C)C)cc1)C(=O)COC(=O)/C=C/c1cccc(F)c1. The van der Waals surface area contributed by atoms with Crippen molar-refractivity contribution < 1.29 is 18.7 Å². The number of hydrogen-bond acceptors (Lipinski definition) is 4. The number of rotatable bonds is 7. The fourth-order valence-electron chi connectivity index (χ4n) is 2.33. The van der Waals surface area contributed by atoms with E-state index in [1.165, 1.54) is 29.2 Å². The van der Waals surface area contributed by atoms with Crippen molar-refractivity contribution in [1.29, 1.82) is 0 Å². The van der Waals surface area contributed by atoms with Crippen molar-refractivity contribution in [3.63, 3.8) is 0 Å². The van der Waals surface area contributed by atoms with Crippen LogP contribution >= 0.6 is 0 Å². The lowest BCUT2D eigenvalue weighted by molar-refractivity contribution is -0.147. The molecule has 142 valence electrons. The van der Waals surface area contributed by atoms with E-state index in [9.17, 15) is 14.0 Å². The van der Waals surface area contributed by atoms with Crippen LogP contribution in [-0.2, 0) is 20.9 Å².